The van der Waals surface area contributed by atoms with Gasteiger partial charge in [0.1, 0.15) is 11.4 Å². The second-order valence-corrected chi connectivity index (χ2v) is 3.97. The molecule has 1 unspecified atom stereocenters. The summed E-state index contributed by atoms with van der Waals surface area (Å²) in [6.07, 6.45) is 0.00231. The van der Waals surface area contributed by atoms with Crippen LogP contribution >= 0.6 is 11.6 Å². The van der Waals surface area contributed by atoms with E-state index >= 15 is 0 Å². The van der Waals surface area contributed by atoms with Crippen LogP contribution in [-0.2, 0) is 11.2 Å². The Hall–Kier alpha value is -1.13. The monoisotopic (exact) mass is 231 g/mol. The molecule has 0 bridgehead atoms. The van der Waals surface area contributed by atoms with Gasteiger partial charge in [-0.3, -0.25) is 4.79 Å². The second-order valence-electron chi connectivity index (χ2n) is 3.56. The highest BCUT2D eigenvalue weighted by Gasteiger charge is 2.27. The van der Waals surface area contributed by atoms with Crippen LogP contribution in [0.15, 0.2) is 18.2 Å². The molecule has 0 radical (unpaired) electrons. The Kier molecular flexibility index (Phi) is 3.31. The molecule has 0 heterocycles. The third kappa shape index (κ3) is 2.91. The first-order chi connectivity index (χ1) is 6.83. The van der Waals surface area contributed by atoms with E-state index in [1.807, 2.05) is 0 Å². The number of rotatable bonds is 3. The number of nitrogens with two attached hydrogens (primary N) is 1. The number of aliphatic hydroxyl groups is 1. The van der Waals surface area contributed by atoms with Crippen LogP contribution in [0, 0.1) is 5.82 Å². The molecule has 0 aliphatic carbocycles. The Balaban J connectivity index is 2.91. The number of hydrogen-bond donors (Lipinski definition) is 2. The minimum atomic E-state index is -1.65. The molecule has 1 atom stereocenters. The van der Waals surface area contributed by atoms with Gasteiger partial charge in [0.25, 0.3) is 0 Å². The molecule has 3 nitrogen and oxygen atoms in total. The van der Waals surface area contributed by atoms with Gasteiger partial charge >= 0.3 is 0 Å². The summed E-state index contributed by atoms with van der Waals surface area (Å²) in [7, 11) is 0. The first-order valence-electron chi connectivity index (χ1n) is 4.29. The maximum atomic E-state index is 12.8. The van der Waals surface area contributed by atoms with E-state index in [9.17, 15) is 14.3 Å². The molecule has 1 rings (SSSR count). The molecule has 0 spiro atoms. The van der Waals surface area contributed by atoms with Crippen molar-refractivity contribution >= 4 is 17.5 Å². The van der Waals surface area contributed by atoms with E-state index in [0.29, 0.717) is 5.56 Å². The van der Waals surface area contributed by atoms with Gasteiger partial charge in [0, 0.05) is 6.42 Å². The van der Waals surface area contributed by atoms with Gasteiger partial charge in [-0.05, 0) is 24.6 Å². The number of carbonyl (C=O) groups is 1. The summed E-state index contributed by atoms with van der Waals surface area (Å²) < 4.78 is 12.8. The SMILES string of the molecule is CC(O)(Cc1ccc(F)c(Cl)c1)C(N)=O. The van der Waals surface area contributed by atoms with Crippen LogP contribution in [0.3, 0.4) is 0 Å². The number of amides is 1. The Morgan fingerprint density at radius 2 is 2.27 bits per heavy atom. The van der Waals surface area contributed by atoms with Gasteiger partial charge in [-0.25, -0.2) is 4.39 Å². The lowest BCUT2D eigenvalue weighted by Crippen LogP contribution is -2.42. The predicted octanol–water partition coefficient (Wildman–Crippen LogP) is 1.26. The van der Waals surface area contributed by atoms with Gasteiger partial charge in [0.15, 0.2) is 0 Å². The highest BCUT2D eigenvalue weighted by atomic mass is 35.5. The van der Waals surface area contributed by atoms with Gasteiger partial charge in [-0.15, -0.1) is 0 Å². The van der Waals surface area contributed by atoms with E-state index in [1.54, 1.807) is 0 Å². The standard InChI is InChI=1S/C10H11ClFNO2/c1-10(15,9(13)14)5-6-2-3-8(12)7(11)4-6/h2-4,15H,5H2,1H3,(H2,13,14). The first kappa shape index (κ1) is 11.9. The molecule has 0 fully saturated rings. The van der Waals surface area contributed by atoms with Crippen molar-refractivity contribution in [1.29, 1.82) is 0 Å². The van der Waals surface area contributed by atoms with Gasteiger partial charge in [0.2, 0.25) is 5.91 Å². The number of primary amides is 1. The number of halogens is 2. The number of carbonyl (C=O) groups excluding carboxylic acids is 1. The lowest BCUT2D eigenvalue weighted by Gasteiger charge is -2.19. The predicted molar refractivity (Wildman–Crippen MR) is 54.9 cm³/mol. The Morgan fingerprint density at radius 3 is 2.73 bits per heavy atom. The molecule has 0 saturated heterocycles. The lowest BCUT2D eigenvalue weighted by atomic mass is 9.96. The minimum Gasteiger partial charge on any atom is -0.380 e. The minimum absolute atomic E-state index is 0.00231. The van der Waals surface area contributed by atoms with E-state index in [1.165, 1.54) is 25.1 Å². The van der Waals surface area contributed by atoms with Crippen molar-refractivity contribution in [2.45, 2.75) is 18.9 Å². The quantitative estimate of drug-likeness (QED) is 0.823. The van der Waals surface area contributed by atoms with Crippen molar-refractivity contribution in [3.63, 3.8) is 0 Å². The van der Waals surface area contributed by atoms with Crippen LogP contribution in [0.2, 0.25) is 5.02 Å². The highest BCUT2D eigenvalue weighted by Crippen LogP contribution is 2.19. The van der Waals surface area contributed by atoms with Crippen LogP contribution < -0.4 is 5.73 Å². The van der Waals surface area contributed by atoms with Crippen LogP contribution in [0.25, 0.3) is 0 Å². The summed E-state index contributed by atoms with van der Waals surface area (Å²) in [5.74, 6) is -1.37. The fraction of sp³-hybridized carbons (Fsp3) is 0.300. The largest absolute Gasteiger partial charge is 0.380 e. The molecule has 5 heteroatoms. The Labute approximate surface area is 91.7 Å². The lowest BCUT2D eigenvalue weighted by molar-refractivity contribution is -0.134. The van der Waals surface area contributed by atoms with Crippen molar-refractivity contribution in [3.8, 4) is 0 Å². The molecule has 82 valence electrons. The molecule has 3 N–H and O–H groups in total. The van der Waals surface area contributed by atoms with E-state index in [0.717, 1.165) is 0 Å². The van der Waals surface area contributed by atoms with Crippen molar-refractivity contribution in [1.82, 2.24) is 0 Å². The van der Waals surface area contributed by atoms with Gasteiger partial charge in [0.05, 0.1) is 5.02 Å². The van der Waals surface area contributed by atoms with Crippen molar-refractivity contribution in [3.05, 3.63) is 34.6 Å². The molecule has 0 aromatic heterocycles. The summed E-state index contributed by atoms with van der Waals surface area (Å²) in [6.45, 7) is 1.30. The summed E-state index contributed by atoms with van der Waals surface area (Å²) in [4.78, 5) is 10.8. The maximum absolute atomic E-state index is 12.8. The molecule has 0 aliphatic heterocycles. The van der Waals surface area contributed by atoms with E-state index < -0.39 is 17.3 Å². The van der Waals surface area contributed by atoms with E-state index in [4.69, 9.17) is 17.3 Å². The van der Waals surface area contributed by atoms with Crippen LogP contribution in [0.1, 0.15) is 12.5 Å². The molecule has 1 amide bonds. The van der Waals surface area contributed by atoms with Crippen molar-refractivity contribution < 1.29 is 14.3 Å². The zero-order chi connectivity index (χ0) is 11.6. The molecule has 1 aromatic rings. The zero-order valence-electron chi connectivity index (χ0n) is 8.13. The smallest absolute Gasteiger partial charge is 0.249 e. The first-order valence-corrected chi connectivity index (χ1v) is 4.67. The van der Waals surface area contributed by atoms with Gasteiger partial charge < -0.3 is 10.8 Å². The Morgan fingerprint density at radius 1 is 1.67 bits per heavy atom. The zero-order valence-corrected chi connectivity index (χ0v) is 8.88. The second kappa shape index (κ2) is 4.16. The van der Waals surface area contributed by atoms with Crippen LogP contribution in [0.5, 0.6) is 0 Å². The van der Waals surface area contributed by atoms with Crippen LogP contribution in [0.4, 0.5) is 4.39 Å². The Bertz CT molecular complexity index is 393. The van der Waals surface area contributed by atoms with Gasteiger partial charge in [-0.2, -0.15) is 0 Å². The van der Waals surface area contributed by atoms with Crippen molar-refractivity contribution in [2.75, 3.05) is 0 Å². The highest BCUT2D eigenvalue weighted by molar-refractivity contribution is 6.30. The third-order valence-electron chi connectivity index (χ3n) is 2.06. The summed E-state index contributed by atoms with van der Waals surface area (Å²) in [6, 6.07) is 3.97. The van der Waals surface area contributed by atoms with Crippen LogP contribution in [-0.4, -0.2) is 16.6 Å². The molecular weight excluding hydrogens is 221 g/mol. The summed E-state index contributed by atoms with van der Waals surface area (Å²) >= 11 is 5.55. The normalized spacial score (nSPS) is 14.7. The summed E-state index contributed by atoms with van der Waals surface area (Å²) in [5, 5.41) is 9.55. The average Bonchev–Trinajstić information content (AvgIpc) is 2.10. The molecular formula is C10H11ClFNO2. The van der Waals surface area contributed by atoms with E-state index in [-0.39, 0.29) is 11.4 Å². The molecule has 1 aromatic carbocycles. The maximum Gasteiger partial charge on any atom is 0.249 e. The van der Waals surface area contributed by atoms with E-state index in [2.05, 4.69) is 0 Å². The number of benzene rings is 1. The average molecular weight is 232 g/mol. The fourth-order valence-corrected chi connectivity index (χ4v) is 1.34. The third-order valence-corrected chi connectivity index (χ3v) is 2.35. The fourth-order valence-electron chi connectivity index (χ4n) is 1.13. The van der Waals surface area contributed by atoms with Crippen molar-refractivity contribution in [2.24, 2.45) is 5.73 Å². The number of hydrogen-bond acceptors (Lipinski definition) is 2. The summed E-state index contributed by atoms with van der Waals surface area (Å²) in [5.41, 5.74) is 3.88. The molecule has 0 aliphatic rings. The molecule has 15 heavy (non-hydrogen) atoms. The van der Waals surface area contributed by atoms with Gasteiger partial charge in [-0.1, -0.05) is 17.7 Å². The topological polar surface area (TPSA) is 63.3 Å². The molecule has 0 saturated carbocycles.